The molecule has 0 atom stereocenters. The molecule has 3 N–H and O–H groups in total. The van der Waals surface area contributed by atoms with Crippen LogP contribution in [0.5, 0.6) is 5.75 Å². The van der Waals surface area contributed by atoms with E-state index in [1.807, 2.05) is 30.3 Å². The first-order chi connectivity index (χ1) is 10.3. The van der Waals surface area contributed by atoms with Crippen LogP contribution in [0.4, 0.5) is 4.69 Å². The molecule has 0 bridgehead atoms. The summed E-state index contributed by atoms with van der Waals surface area (Å²) in [6.45, 7) is 0. The molecule has 1 heterocycles. The van der Waals surface area contributed by atoms with Crippen molar-refractivity contribution in [3.05, 3.63) is 65.1 Å². The van der Waals surface area contributed by atoms with Crippen molar-refractivity contribution in [1.82, 2.24) is 0 Å². The van der Waals surface area contributed by atoms with Gasteiger partial charge in [0.25, 0.3) is 0 Å². The maximum atomic E-state index is 9.65. The number of phenolic OH excluding ortho intramolecular Hbond substituents is 1. The van der Waals surface area contributed by atoms with Crippen LogP contribution in [0.2, 0.25) is 0 Å². The molecule has 0 aliphatic rings. The first-order valence-electron chi connectivity index (χ1n) is 6.46. The number of para-hydroxylation sites is 1. The van der Waals surface area contributed by atoms with E-state index in [0.717, 1.165) is 10.4 Å². The van der Waals surface area contributed by atoms with Crippen LogP contribution in [0.1, 0.15) is 5.56 Å². The van der Waals surface area contributed by atoms with Crippen LogP contribution in [0.3, 0.4) is 0 Å². The Morgan fingerprint density at radius 2 is 1.81 bits per heavy atom. The second-order valence-electron chi connectivity index (χ2n) is 4.40. The molecule has 0 spiro atoms. The quantitative estimate of drug-likeness (QED) is 0.434. The number of benzene rings is 2. The molecule has 2 aromatic carbocycles. The van der Waals surface area contributed by atoms with E-state index in [1.165, 1.54) is 5.56 Å². The van der Waals surface area contributed by atoms with Crippen molar-refractivity contribution < 1.29 is 10.1 Å². The molecule has 0 unspecified atom stereocenters. The number of aromatic hydroxyl groups is 1. The second-order valence-corrected chi connectivity index (χ2v) is 6.24. The van der Waals surface area contributed by atoms with E-state index in [4.69, 9.17) is 0 Å². The van der Waals surface area contributed by atoms with Gasteiger partial charge in [0, 0.05) is 0 Å². The zero-order valence-electron chi connectivity index (χ0n) is 11.2. The number of phenols is 1. The topological polar surface area (TPSA) is 58.8 Å². The Kier molecular flexibility index (Phi) is 4.14. The van der Waals surface area contributed by atoms with Crippen LogP contribution in [0, 0.1) is 0 Å². The summed E-state index contributed by atoms with van der Waals surface area (Å²) in [5.41, 5.74) is 5.96. The fourth-order valence-electron chi connectivity index (χ4n) is 1.87. The monoisotopic (exact) mass is 344 g/mol. The summed E-state index contributed by atoms with van der Waals surface area (Å²) in [4.78, 5) is 5.51. The SMILES string of the molecule is Oc1ccccc1/C=N/Nc1[nH+]c(-c2ccccc2)c[se]1. The van der Waals surface area contributed by atoms with Crippen molar-refractivity contribution in [1.29, 1.82) is 0 Å². The van der Waals surface area contributed by atoms with E-state index >= 15 is 0 Å². The molecule has 5 heteroatoms. The van der Waals surface area contributed by atoms with E-state index < -0.39 is 0 Å². The molecule has 0 aliphatic carbocycles. The summed E-state index contributed by atoms with van der Waals surface area (Å²) in [6, 6.07) is 17.3. The normalized spacial score (nSPS) is 10.9. The van der Waals surface area contributed by atoms with Crippen molar-refractivity contribution in [2.75, 3.05) is 5.43 Å². The molecule has 0 saturated carbocycles. The average Bonchev–Trinajstić information content (AvgIpc) is 2.99. The van der Waals surface area contributed by atoms with Crippen LogP contribution in [-0.2, 0) is 0 Å². The molecule has 0 saturated heterocycles. The predicted molar refractivity (Wildman–Crippen MR) is 84.7 cm³/mol. The Balaban J connectivity index is 1.70. The Morgan fingerprint density at radius 1 is 1.05 bits per heavy atom. The summed E-state index contributed by atoms with van der Waals surface area (Å²) in [5, 5.41) is 13.8. The van der Waals surface area contributed by atoms with Gasteiger partial charge < -0.3 is 0 Å². The Morgan fingerprint density at radius 3 is 2.62 bits per heavy atom. The zero-order chi connectivity index (χ0) is 14.5. The summed E-state index contributed by atoms with van der Waals surface area (Å²) in [5.74, 6) is 0.223. The van der Waals surface area contributed by atoms with Crippen LogP contribution < -0.4 is 10.4 Å². The minimum atomic E-state index is 0.210. The molecule has 4 nitrogen and oxygen atoms in total. The molecule has 3 rings (SSSR count). The summed E-state index contributed by atoms with van der Waals surface area (Å²) >= 11 is 0.210. The molecular weight excluding hydrogens is 329 g/mol. The van der Waals surface area contributed by atoms with Crippen LogP contribution in [-0.4, -0.2) is 25.8 Å². The van der Waals surface area contributed by atoms with Crippen molar-refractivity contribution in [2.45, 2.75) is 0 Å². The van der Waals surface area contributed by atoms with Crippen molar-refractivity contribution >= 4 is 25.4 Å². The number of aromatic nitrogens is 1. The number of rotatable bonds is 4. The minimum absolute atomic E-state index is 0.210. The number of hydrazone groups is 1. The number of H-pyrrole nitrogens is 1. The van der Waals surface area contributed by atoms with E-state index in [9.17, 15) is 5.11 Å². The van der Waals surface area contributed by atoms with Gasteiger partial charge in [0.2, 0.25) is 0 Å². The fourth-order valence-corrected chi connectivity index (χ4v) is 3.35. The van der Waals surface area contributed by atoms with Crippen molar-refractivity contribution in [3.63, 3.8) is 0 Å². The maximum absolute atomic E-state index is 9.65. The number of anilines is 1. The van der Waals surface area contributed by atoms with Crippen LogP contribution in [0.15, 0.2) is 64.6 Å². The Hall–Kier alpha value is -2.36. The van der Waals surface area contributed by atoms with E-state index in [1.54, 1.807) is 18.3 Å². The third kappa shape index (κ3) is 3.40. The van der Waals surface area contributed by atoms with Gasteiger partial charge in [-0.25, -0.2) is 0 Å². The number of hydrogen-bond acceptors (Lipinski definition) is 3. The number of nitrogens with zero attached hydrogens (tertiary/aromatic N) is 1. The number of nitrogens with one attached hydrogen (secondary N) is 2. The van der Waals surface area contributed by atoms with Gasteiger partial charge in [0.05, 0.1) is 0 Å². The third-order valence-electron chi connectivity index (χ3n) is 2.93. The summed E-state index contributed by atoms with van der Waals surface area (Å²) in [6.07, 6.45) is 1.61. The van der Waals surface area contributed by atoms with Crippen LogP contribution in [0.25, 0.3) is 11.3 Å². The fraction of sp³-hybridized carbons (Fsp3) is 0. The Bertz CT molecular complexity index is 753. The van der Waals surface area contributed by atoms with Gasteiger partial charge in [-0.1, -0.05) is 0 Å². The van der Waals surface area contributed by atoms with E-state index in [0.29, 0.717) is 5.56 Å². The molecule has 0 radical (unpaired) electrons. The molecule has 104 valence electrons. The first kappa shape index (κ1) is 13.6. The molecule has 3 aromatic rings. The zero-order valence-corrected chi connectivity index (χ0v) is 12.9. The van der Waals surface area contributed by atoms with Gasteiger partial charge in [-0.2, -0.15) is 0 Å². The number of aromatic amines is 1. The summed E-state index contributed by atoms with van der Waals surface area (Å²) < 4.78 is 0.980. The van der Waals surface area contributed by atoms with Gasteiger partial charge >= 0.3 is 128 Å². The molecule has 0 aliphatic heterocycles. The third-order valence-corrected chi connectivity index (χ3v) is 4.58. The van der Waals surface area contributed by atoms with Gasteiger partial charge in [-0.3, -0.25) is 0 Å². The summed E-state index contributed by atoms with van der Waals surface area (Å²) in [7, 11) is 0. The van der Waals surface area contributed by atoms with E-state index in [2.05, 4.69) is 32.6 Å². The molecular formula is C16H14N3OSe+. The van der Waals surface area contributed by atoms with Gasteiger partial charge in [-0.15, -0.1) is 0 Å². The van der Waals surface area contributed by atoms with Crippen molar-refractivity contribution in [2.24, 2.45) is 5.10 Å². The average molecular weight is 343 g/mol. The van der Waals surface area contributed by atoms with E-state index in [-0.39, 0.29) is 20.3 Å². The molecule has 1 aromatic heterocycles. The molecule has 0 fully saturated rings. The van der Waals surface area contributed by atoms with Gasteiger partial charge in [-0.05, 0) is 0 Å². The standard InChI is InChI=1S/C16H13N3OSe/c20-15-9-5-4-8-13(15)10-17-19-16-18-14(11-21-16)12-6-2-1-3-7-12/h1-11,20H,(H,18,19)/p+1/b17-10+. The van der Waals surface area contributed by atoms with Gasteiger partial charge in [0.15, 0.2) is 0 Å². The Labute approximate surface area is 128 Å². The number of hydrogen-bond donors (Lipinski definition) is 2. The van der Waals surface area contributed by atoms with Gasteiger partial charge in [0.1, 0.15) is 0 Å². The first-order valence-corrected chi connectivity index (χ1v) is 8.31. The van der Waals surface area contributed by atoms with Crippen LogP contribution >= 0.6 is 0 Å². The predicted octanol–water partition coefficient (Wildman–Crippen LogP) is 2.38. The second kappa shape index (κ2) is 6.39. The molecule has 0 amide bonds. The van der Waals surface area contributed by atoms with Crippen molar-refractivity contribution in [3.8, 4) is 17.0 Å². The molecule has 21 heavy (non-hydrogen) atoms.